The lowest BCUT2D eigenvalue weighted by atomic mass is 10.0. The zero-order valence-electron chi connectivity index (χ0n) is 24.0. The number of quaternary nitrogens is 1. The third-order valence-corrected chi connectivity index (χ3v) is 8.67. The van der Waals surface area contributed by atoms with E-state index in [1.54, 1.807) is 30.3 Å². The lowest BCUT2D eigenvalue weighted by molar-refractivity contribution is -0.881. The minimum absolute atomic E-state index is 0.0255. The molecule has 1 amide bonds. The van der Waals surface area contributed by atoms with Crippen LogP contribution < -0.4 is 10.9 Å². The Balaban J connectivity index is 1.45. The van der Waals surface area contributed by atoms with Gasteiger partial charge >= 0.3 is 6.18 Å². The standard InChI is InChI=1S/C31H30F3N7O2/c1-38-28(26-11-12-36-39(26)24-9-7-19(16-35)8-10-24)27(29(42)37-23-13-20-17-41(2,3)18-21(20)14-23)30(43)40(38)25-6-4-5-22(15-25)31(32,33)34/h4-12,15,20-21,23H,13-14,17-18H2,1-3H3/p+1/t20-,21+,23?. The predicted molar refractivity (Wildman–Crippen MR) is 153 cm³/mol. The molecule has 2 aromatic carbocycles. The van der Waals surface area contributed by atoms with E-state index in [1.807, 2.05) is 0 Å². The minimum atomic E-state index is -4.62. The van der Waals surface area contributed by atoms with Crippen LogP contribution in [0.15, 0.2) is 65.6 Å². The Morgan fingerprint density at radius 1 is 1.05 bits per heavy atom. The van der Waals surface area contributed by atoms with Crippen LogP contribution in [0.4, 0.5) is 13.2 Å². The van der Waals surface area contributed by atoms with Gasteiger partial charge in [0.2, 0.25) is 0 Å². The second-order valence-corrected chi connectivity index (χ2v) is 12.2. The van der Waals surface area contributed by atoms with Crippen LogP contribution in [-0.4, -0.2) is 62.8 Å². The first-order valence-electron chi connectivity index (χ1n) is 14.0. The zero-order chi connectivity index (χ0) is 30.7. The van der Waals surface area contributed by atoms with E-state index in [1.165, 1.54) is 34.7 Å². The Kier molecular flexibility index (Phi) is 6.81. The lowest BCUT2D eigenvalue weighted by Gasteiger charge is -2.25. The topological polar surface area (TPSA) is 97.6 Å². The van der Waals surface area contributed by atoms with Crippen LogP contribution >= 0.6 is 0 Å². The van der Waals surface area contributed by atoms with E-state index in [0.29, 0.717) is 28.8 Å². The van der Waals surface area contributed by atoms with Gasteiger partial charge in [-0.15, -0.1) is 0 Å². The number of likely N-dealkylation sites (tertiary alicyclic amines) is 1. The smallest absolute Gasteiger partial charge is 0.349 e. The Morgan fingerprint density at radius 2 is 1.72 bits per heavy atom. The van der Waals surface area contributed by atoms with Crippen molar-refractivity contribution in [2.24, 2.45) is 18.9 Å². The fourth-order valence-corrected chi connectivity index (χ4v) is 6.95. The molecule has 1 saturated heterocycles. The van der Waals surface area contributed by atoms with Gasteiger partial charge in [0.1, 0.15) is 11.3 Å². The summed E-state index contributed by atoms with van der Waals surface area (Å²) in [6.07, 6.45) is -1.48. The molecule has 2 aliphatic rings. The number of nitrogens with zero attached hydrogens (tertiary/aromatic N) is 6. The van der Waals surface area contributed by atoms with Crippen LogP contribution in [0.3, 0.4) is 0 Å². The predicted octanol–water partition coefficient (Wildman–Crippen LogP) is 4.13. The van der Waals surface area contributed by atoms with Gasteiger partial charge in [0.05, 0.1) is 67.6 Å². The number of fused-ring (bicyclic) bond motifs is 1. The highest BCUT2D eigenvalue weighted by Gasteiger charge is 2.47. The molecule has 0 bridgehead atoms. The Bertz CT molecular complexity index is 1790. The number of benzene rings is 2. The monoisotopic (exact) mass is 590 g/mol. The molecule has 3 atom stereocenters. The lowest BCUT2D eigenvalue weighted by Crippen LogP contribution is -2.41. The van der Waals surface area contributed by atoms with E-state index >= 15 is 0 Å². The number of carbonyl (C=O) groups excluding carboxylic acids is 1. The van der Waals surface area contributed by atoms with Crippen molar-refractivity contribution in [3.8, 4) is 28.8 Å². The summed E-state index contributed by atoms with van der Waals surface area (Å²) in [5.41, 5.74) is -0.227. The molecule has 4 aromatic rings. The first-order chi connectivity index (χ1) is 20.4. The molecule has 222 valence electrons. The summed E-state index contributed by atoms with van der Waals surface area (Å²) in [4.78, 5) is 28.0. The van der Waals surface area contributed by atoms with Crippen LogP contribution in [0.5, 0.6) is 0 Å². The average molecular weight is 591 g/mol. The molecule has 0 radical (unpaired) electrons. The van der Waals surface area contributed by atoms with Crippen LogP contribution in [0.25, 0.3) is 22.8 Å². The van der Waals surface area contributed by atoms with Crippen molar-refractivity contribution in [2.75, 3.05) is 27.2 Å². The molecule has 3 heterocycles. The van der Waals surface area contributed by atoms with Crippen LogP contribution in [0.2, 0.25) is 0 Å². The van der Waals surface area contributed by atoms with Gasteiger partial charge in [0.25, 0.3) is 11.5 Å². The fourth-order valence-electron chi connectivity index (χ4n) is 6.95. The number of hydrogen-bond donors (Lipinski definition) is 1. The summed E-state index contributed by atoms with van der Waals surface area (Å²) in [6, 6.07) is 14.7. The second kappa shape index (κ2) is 10.3. The number of halogens is 3. The number of nitriles is 1. The van der Waals surface area contributed by atoms with Crippen LogP contribution in [0, 0.1) is 23.2 Å². The van der Waals surface area contributed by atoms with E-state index < -0.39 is 23.2 Å². The minimum Gasteiger partial charge on any atom is -0.349 e. The first kappa shape index (κ1) is 28.5. The number of hydrogen-bond acceptors (Lipinski definition) is 4. The van der Waals surface area contributed by atoms with Gasteiger partial charge in [-0.1, -0.05) is 6.07 Å². The highest BCUT2D eigenvalue weighted by atomic mass is 19.4. The van der Waals surface area contributed by atoms with Gasteiger partial charge in [-0.25, -0.2) is 9.36 Å². The second-order valence-electron chi connectivity index (χ2n) is 12.2. The number of amides is 1. The average Bonchev–Trinajstić information content (AvgIpc) is 3.68. The van der Waals surface area contributed by atoms with Crippen LogP contribution in [0.1, 0.15) is 34.3 Å². The molecule has 12 heteroatoms. The third kappa shape index (κ3) is 5.14. The number of alkyl halides is 3. The van der Waals surface area contributed by atoms with Crippen molar-refractivity contribution in [3.05, 3.63) is 87.8 Å². The molecule has 1 unspecified atom stereocenters. The molecular weight excluding hydrogens is 559 g/mol. The summed E-state index contributed by atoms with van der Waals surface area (Å²) in [7, 11) is 5.94. The summed E-state index contributed by atoms with van der Waals surface area (Å²) in [5.74, 6) is 0.387. The molecule has 9 nitrogen and oxygen atoms in total. The molecule has 1 aliphatic heterocycles. The highest BCUT2D eigenvalue weighted by Crippen LogP contribution is 2.40. The normalized spacial score (nSPS) is 21.0. The van der Waals surface area contributed by atoms with Gasteiger partial charge in [-0.3, -0.25) is 14.3 Å². The number of rotatable bonds is 5. The molecule has 2 fully saturated rings. The first-order valence-corrected chi connectivity index (χ1v) is 14.0. The van der Waals surface area contributed by atoms with Crippen molar-refractivity contribution in [1.82, 2.24) is 24.5 Å². The quantitative estimate of drug-likeness (QED) is 0.354. The molecule has 2 aromatic heterocycles. The Morgan fingerprint density at radius 3 is 2.35 bits per heavy atom. The fraction of sp³-hybridized carbons (Fsp3) is 0.355. The summed E-state index contributed by atoms with van der Waals surface area (Å²) in [5, 5.41) is 16.7. The van der Waals surface area contributed by atoms with E-state index in [2.05, 4.69) is 30.6 Å². The summed E-state index contributed by atoms with van der Waals surface area (Å²) in [6.45, 7) is 2.06. The molecule has 1 aliphatic carbocycles. The maximum atomic E-state index is 14.0. The molecular formula is C31H31F3N7O2+. The van der Waals surface area contributed by atoms with Crippen molar-refractivity contribution in [2.45, 2.75) is 25.1 Å². The number of aromatic nitrogens is 4. The van der Waals surface area contributed by atoms with Gasteiger partial charge in [0.15, 0.2) is 0 Å². The molecule has 0 spiro atoms. The van der Waals surface area contributed by atoms with Gasteiger partial charge in [-0.2, -0.15) is 23.5 Å². The van der Waals surface area contributed by atoms with Crippen molar-refractivity contribution < 1.29 is 22.4 Å². The Hall–Kier alpha value is -4.63. The van der Waals surface area contributed by atoms with E-state index in [4.69, 9.17) is 0 Å². The maximum absolute atomic E-state index is 14.0. The largest absolute Gasteiger partial charge is 0.416 e. The van der Waals surface area contributed by atoms with Crippen molar-refractivity contribution in [1.29, 1.82) is 5.26 Å². The SMILES string of the molecule is Cn1c(-c2ccnn2-c2ccc(C#N)cc2)c(C(=O)NC2C[C@@H]3C[N+](C)(C)C[C@@H]3C2)c(=O)n1-c1cccc(C(F)(F)F)c1. The zero-order valence-corrected chi connectivity index (χ0v) is 24.0. The molecule has 43 heavy (non-hydrogen) atoms. The van der Waals surface area contributed by atoms with Crippen molar-refractivity contribution in [3.63, 3.8) is 0 Å². The number of nitrogens with one attached hydrogen (secondary N) is 1. The number of carbonyl (C=O) groups is 1. The van der Waals surface area contributed by atoms with E-state index in [0.717, 1.165) is 47.2 Å². The van der Waals surface area contributed by atoms with Gasteiger partial charge in [-0.05, 0) is 61.4 Å². The third-order valence-electron chi connectivity index (χ3n) is 8.67. The van der Waals surface area contributed by atoms with Gasteiger partial charge in [0, 0.05) is 24.9 Å². The maximum Gasteiger partial charge on any atom is 0.416 e. The summed E-state index contributed by atoms with van der Waals surface area (Å²) >= 11 is 0. The Labute approximate surface area is 245 Å². The van der Waals surface area contributed by atoms with E-state index in [9.17, 15) is 28.0 Å². The van der Waals surface area contributed by atoms with Crippen molar-refractivity contribution >= 4 is 5.91 Å². The summed E-state index contributed by atoms with van der Waals surface area (Å²) < 4.78 is 45.7. The highest BCUT2D eigenvalue weighted by molar-refractivity contribution is 6.00. The molecule has 1 saturated carbocycles. The van der Waals surface area contributed by atoms with E-state index in [-0.39, 0.29) is 23.0 Å². The molecule has 1 N–H and O–H groups in total. The van der Waals surface area contributed by atoms with Crippen LogP contribution in [-0.2, 0) is 13.2 Å². The molecule has 6 rings (SSSR count). The van der Waals surface area contributed by atoms with Gasteiger partial charge < -0.3 is 9.80 Å².